The molecule has 1 aromatic carbocycles. The van der Waals surface area contributed by atoms with Gasteiger partial charge in [-0.1, -0.05) is 6.58 Å². The smallest absolute Gasteiger partial charge is 0.344 e. The van der Waals surface area contributed by atoms with Crippen LogP contribution in [0, 0.1) is 6.92 Å². The third-order valence-electron chi connectivity index (χ3n) is 4.85. The second kappa shape index (κ2) is 8.36. The maximum Gasteiger partial charge on any atom is 0.344 e. The fourth-order valence-corrected chi connectivity index (χ4v) is 3.40. The number of carbonyl (C=O) groups excluding carboxylic acids is 1. The molecule has 0 amide bonds. The molecule has 0 fully saturated rings. The number of esters is 1. The van der Waals surface area contributed by atoms with E-state index >= 15 is 0 Å². The van der Waals surface area contributed by atoms with Crippen LogP contribution in [-0.4, -0.2) is 38.8 Å². The number of H-pyrrole nitrogens is 1. The van der Waals surface area contributed by atoms with E-state index in [-0.39, 0.29) is 17.7 Å². The molecular weight excluding hydrogens is 388 g/mol. The number of ether oxygens (including phenoxy) is 3. The van der Waals surface area contributed by atoms with Crippen molar-refractivity contribution in [2.24, 2.45) is 0 Å². The molecule has 0 spiro atoms. The van der Waals surface area contributed by atoms with E-state index in [9.17, 15) is 9.59 Å². The average molecular weight is 412 g/mol. The number of aromatic amines is 1. The van der Waals surface area contributed by atoms with Gasteiger partial charge in [0.25, 0.3) is 5.56 Å². The van der Waals surface area contributed by atoms with Gasteiger partial charge in [-0.3, -0.25) is 4.79 Å². The predicted molar refractivity (Wildman–Crippen MR) is 116 cm³/mol. The van der Waals surface area contributed by atoms with Crippen LogP contribution in [0.15, 0.2) is 27.9 Å². The normalized spacial score (nSPS) is 10.7. The Bertz CT molecular complexity index is 1190. The molecule has 30 heavy (non-hydrogen) atoms. The molecule has 8 heteroatoms. The van der Waals surface area contributed by atoms with Gasteiger partial charge in [-0.25, -0.2) is 4.79 Å². The number of anilines is 1. The summed E-state index contributed by atoms with van der Waals surface area (Å²) >= 11 is 0. The number of carbonyl (C=O) groups is 1. The van der Waals surface area contributed by atoms with Crippen LogP contribution < -0.4 is 20.3 Å². The lowest BCUT2D eigenvalue weighted by molar-refractivity contribution is 0.0525. The minimum Gasteiger partial charge on any atom is -0.496 e. The number of benzene rings is 1. The van der Waals surface area contributed by atoms with Gasteiger partial charge in [0.15, 0.2) is 5.58 Å². The zero-order valence-corrected chi connectivity index (χ0v) is 17.6. The number of pyridine rings is 1. The molecule has 3 aromatic rings. The van der Waals surface area contributed by atoms with E-state index in [1.165, 1.54) is 14.2 Å². The Labute approximate surface area is 173 Å². The standard InChI is InChI=1S/C22H24N2O6/c1-7-14-11(3)19-20(30-14)17(18(21(25)24-19)22(26)29-8-2)12-9-16(28-6)13(23-4)10-15(12)27-5/h7,9-10,23H,1,8H2,2-6H3,(H,24,25). The Morgan fingerprint density at radius 3 is 2.53 bits per heavy atom. The zero-order valence-electron chi connectivity index (χ0n) is 17.6. The molecular formula is C22H24N2O6. The van der Waals surface area contributed by atoms with Crippen molar-refractivity contribution in [2.75, 3.05) is 33.2 Å². The fraction of sp³-hybridized carbons (Fsp3) is 0.273. The third-order valence-corrected chi connectivity index (χ3v) is 4.85. The third kappa shape index (κ3) is 3.30. The lowest BCUT2D eigenvalue weighted by Crippen LogP contribution is -2.21. The summed E-state index contributed by atoms with van der Waals surface area (Å²) in [5, 5.41) is 3.03. The lowest BCUT2D eigenvalue weighted by atomic mass is 9.97. The first-order valence-electron chi connectivity index (χ1n) is 9.34. The topological polar surface area (TPSA) is 103 Å². The van der Waals surface area contributed by atoms with Crippen molar-refractivity contribution in [3.05, 3.63) is 46.0 Å². The summed E-state index contributed by atoms with van der Waals surface area (Å²) < 4.78 is 22.2. The highest BCUT2D eigenvalue weighted by atomic mass is 16.5. The summed E-state index contributed by atoms with van der Waals surface area (Å²) in [4.78, 5) is 28.5. The Kier molecular flexibility index (Phi) is 5.86. The summed E-state index contributed by atoms with van der Waals surface area (Å²) in [5.74, 6) is 0.653. The fourth-order valence-electron chi connectivity index (χ4n) is 3.40. The molecule has 0 aliphatic heterocycles. The molecule has 2 N–H and O–H groups in total. The molecule has 0 unspecified atom stereocenters. The highest BCUT2D eigenvalue weighted by molar-refractivity contribution is 6.07. The Hall–Kier alpha value is -3.68. The Morgan fingerprint density at radius 1 is 1.27 bits per heavy atom. The number of methoxy groups -OCH3 is 2. The number of furan rings is 1. The molecule has 0 atom stereocenters. The van der Waals surface area contributed by atoms with Gasteiger partial charge in [0, 0.05) is 24.2 Å². The molecule has 0 saturated carbocycles. The van der Waals surface area contributed by atoms with Crippen molar-refractivity contribution in [2.45, 2.75) is 13.8 Å². The van der Waals surface area contributed by atoms with Gasteiger partial charge in [0.2, 0.25) is 0 Å². The number of fused-ring (bicyclic) bond motifs is 1. The number of hydrogen-bond acceptors (Lipinski definition) is 7. The molecule has 0 aliphatic rings. The van der Waals surface area contributed by atoms with Crippen LogP contribution >= 0.6 is 0 Å². The first-order valence-corrected chi connectivity index (χ1v) is 9.34. The van der Waals surface area contributed by atoms with Crippen molar-refractivity contribution in [1.29, 1.82) is 0 Å². The van der Waals surface area contributed by atoms with E-state index in [1.54, 1.807) is 39.1 Å². The van der Waals surface area contributed by atoms with Gasteiger partial charge in [-0.15, -0.1) is 0 Å². The number of nitrogens with one attached hydrogen (secondary N) is 2. The van der Waals surface area contributed by atoms with Gasteiger partial charge >= 0.3 is 5.97 Å². The van der Waals surface area contributed by atoms with Crippen molar-refractivity contribution in [3.8, 4) is 22.6 Å². The van der Waals surface area contributed by atoms with E-state index in [0.29, 0.717) is 45.2 Å². The van der Waals surface area contributed by atoms with Crippen LogP contribution in [0.1, 0.15) is 28.6 Å². The summed E-state index contributed by atoms with van der Waals surface area (Å²) in [7, 11) is 4.78. The van der Waals surface area contributed by atoms with Crippen LogP contribution in [0.3, 0.4) is 0 Å². The zero-order chi connectivity index (χ0) is 22.0. The van der Waals surface area contributed by atoms with E-state index in [1.807, 2.05) is 0 Å². The van der Waals surface area contributed by atoms with Gasteiger partial charge in [-0.05, 0) is 26.0 Å². The molecule has 3 rings (SSSR count). The molecule has 0 bridgehead atoms. The number of aryl methyl sites for hydroxylation is 1. The Morgan fingerprint density at radius 2 is 1.97 bits per heavy atom. The van der Waals surface area contributed by atoms with Crippen LogP contribution in [0.25, 0.3) is 28.3 Å². The largest absolute Gasteiger partial charge is 0.496 e. The van der Waals surface area contributed by atoms with Crippen LogP contribution in [0.2, 0.25) is 0 Å². The van der Waals surface area contributed by atoms with Gasteiger partial charge in [0.1, 0.15) is 22.8 Å². The van der Waals surface area contributed by atoms with E-state index in [4.69, 9.17) is 18.6 Å². The van der Waals surface area contributed by atoms with E-state index < -0.39 is 11.5 Å². The van der Waals surface area contributed by atoms with Crippen molar-refractivity contribution in [3.63, 3.8) is 0 Å². The second-order valence-electron chi connectivity index (χ2n) is 6.43. The van der Waals surface area contributed by atoms with Gasteiger partial charge in [-0.2, -0.15) is 0 Å². The molecule has 2 aromatic heterocycles. The van der Waals surface area contributed by atoms with Crippen LogP contribution in [0.4, 0.5) is 5.69 Å². The SMILES string of the molecule is C=Cc1oc2c(-c3cc(OC)c(NC)cc3OC)c(C(=O)OCC)c(=O)[nH]c2c1C. The summed E-state index contributed by atoms with van der Waals surface area (Å²) in [6, 6.07) is 3.41. The first-order chi connectivity index (χ1) is 14.4. The maximum absolute atomic E-state index is 13.0. The quantitative estimate of drug-likeness (QED) is 0.566. The van der Waals surface area contributed by atoms with Crippen molar-refractivity contribution in [1.82, 2.24) is 4.98 Å². The number of rotatable bonds is 7. The first kappa shape index (κ1) is 21.0. The minimum absolute atomic E-state index is 0.115. The van der Waals surface area contributed by atoms with Crippen molar-refractivity contribution < 1.29 is 23.4 Å². The monoisotopic (exact) mass is 412 g/mol. The van der Waals surface area contributed by atoms with Gasteiger partial charge < -0.3 is 28.9 Å². The second-order valence-corrected chi connectivity index (χ2v) is 6.43. The predicted octanol–water partition coefficient (Wildman–Crippen LogP) is 3.98. The molecule has 0 radical (unpaired) electrons. The van der Waals surface area contributed by atoms with Crippen LogP contribution in [-0.2, 0) is 4.74 Å². The molecule has 158 valence electrons. The highest BCUT2D eigenvalue weighted by Gasteiger charge is 2.28. The maximum atomic E-state index is 13.0. The average Bonchev–Trinajstić information content (AvgIpc) is 3.07. The lowest BCUT2D eigenvalue weighted by Gasteiger charge is -2.16. The summed E-state index contributed by atoms with van der Waals surface area (Å²) in [5.41, 5.74) is 2.13. The Balaban J connectivity index is 2.53. The number of aromatic nitrogens is 1. The summed E-state index contributed by atoms with van der Waals surface area (Å²) in [6.07, 6.45) is 1.55. The van der Waals surface area contributed by atoms with E-state index in [0.717, 1.165) is 0 Å². The minimum atomic E-state index is -0.761. The molecule has 2 heterocycles. The molecule has 8 nitrogen and oxygen atoms in total. The number of hydrogen-bond donors (Lipinski definition) is 2. The molecule has 0 aliphatic carbocycles. The van der Waals surface area contributed by atoms with Gasteiger partial charge in [0.05, 0.1) is 37.6 Å². The molecule has 0 saturated heterocycles. The highest BCUT2D eigenvalue weighted by Crippen LogP contribution is 2.43. The summed E-state index contributed by atoms with van der Waals surface area (Å²) in [6.45, 7) is 7.34. The van der Waals surface area contributed by atoms with Crippen LogP contribution in [0.5, 0.6) is 11.5 Å². The van der Waals surface area contributed by atoms with E-state index in [2.05, 4.69) is 16.9 Å². The van der Waals surface area contributed by atoms with Crippen molar-refractivity contribution >= 4 is 28.8 Å².